The predicted octanol–water partition coefficient (Wildman–Crippen LogP) is 2.97. The van der Waals surface area contributed by atoms with Gasteiger partial charge in [0.1, 0.15) is 12.2 Å². The van der Waals surface area contributed by atoms with Gasteiger partial charge in [-0.05, 0) is 38.5 Å². The molecule has 0 aliphatic rings. The van der Waals surface area contributed by atoms with Gasteiger partial charge in [0.15, 0.2) is 23.6 Å². The molecule has 1 atom stereocenters. The number of halogens is 4. The van der Waals surface area contributed by atoms with Gasteiger partial charge in [0.25, 0.3) is 5.91 Å². The van der Waals surface area contributed by atoms with Gasteiger partial charge in [-0.1, -0.05) is 18.2 Å². The smallest absolute Gasteiger partial charge is 0.425 e. The van der Waals surface area contributed by atoms with Gasteiger partial charge in [0, 0.05) is 12.2 Å². The van der Waals surface area contributed by atoms with Crippen LogP contribution in [0.5, 0.6) is 5.88 Å². The number of para-hydroxylation sites is 1. The summed E-state index contributed by atoms with van der Waals surface area (Å²) >= 11 is 0. The summed E-state index contributed by atoms with van der Waals surface area (Å²) in [5.74, 6) is -3.94. The number of aromatic nitrogens is 4. The zero-order chi connectivity index (χ0) is 25.2. The van der Waals surface area contributed by atoms with Gasteiger partial charge < -0.3 is 15.2 Å². The Morgan fingerprint density at radius 2 is 1.97 bits per heavy atom. The van der Waals surface area contributed by atoms with Gasteiger partial charge >= 0.3 is 11.9 Å². The van der Waals surface area contributed by atoms with Crippen molar-refractivity contribution in [2.75, 3.05) is 5.32 Å². The van der Waals surface area contributed by atoms with E-state index < -0.39 is 53.6 Å². The molecule has 3 rings (SSSR count). The van der Waals surface area contributed by atoms with Crippen LogP contribution in [0.25, 0.3) is 5.82 Å². The minimum atomic E-state index is -4.81. The van der Waals surface area contributed by atoms with Crippen molar-refractivity contribution in [2.45, 2.75) is 46.2 Å². The molecule has 0 spiro atoms. The normalized spacial score (nSPS) is 12.5. The molecule has 0 unspecified atom stereocenters. The van der Waals surface area contributed by atoms with Crippen molar-refractivity contribution in [3.05, 3.63) is 63.6 Å². The van der Waals surface area contributed by atoms with Gasteiger partial charge in [-0.25, -0.2) is 9.18 Å². The molecular formula is C21H21F4N5O4. The minimum absolute atomic E-state index is 0.0850. The molecule has 0 radical (unpaired) electrons. The summed E-state index contributed by atoms with van der Waals surface area (Å²) < 4.78 is 60.9. The number of rotatable bonds is 7. The second-order valence-electron chi connectivity index (χ2n) is 7.23. The molecule has 0 fully saturated rings. The van der Waals surface area contributed by atoms with Gasteiger partial charge in [0.2, 0.25) is 5.88 Å². The Morgan fingerprint density at radius 1 is 1.29 bits per heavy atom. The fourth-order valence-corrected chi connectivity index (χ4v) is 3.01. The topological polar surface area (TPSA) is 111 Å². The van der Waals surface area contributed by atoms with Crippen LogP contribution in [0.1, 0.15) is 35.6 Å². The third kappa shape index (κ3) is 4.93. The number of pyridine rings is 1. The van der Waals surface area contributed by atoms with Gasteiger partial charge in [-0.2, -0.15) is 22.8 Å². The summed E-state index contributed by atoms with van der Waals surface area (Å²) in [6, 6.07) is 7.20. The minimum Gasteiger partial charge on any atom is -0.464 e. The first kappa shape index (κ1) is 24.9. The number of hydrogen-bond acceptors (Lipinski definition) is 6. The number of benzene rings is 1. The fraction of sp³-hybridized carbons (Fsp3) is 0.333. The maximum atomic E-state index is 15.0. The Balaban J connectivity index is 2.14. The van der Waals surface area contributed by atoms with Crippen LogP contribution in [0.15, 0.2) is 35.1 Å². The van der Waals surface area contributed by atoms with Crippen LogP contribution >= 0.6 is 0 Å². The van der Waals surface area contributed by atoms with Crippen LogP contribution < -0.4 is 15.7 Å². The molecule has 2 aromatic heterocycles. The standard InChI is InChI=1S/C21H21F4N5O4/c1-4-29-16(10-31)28-30(20(29)33)17-14(22)9-13(19(27-17)34-12(3)21(23,24)25)18(32)26-15-8-6-5-7-11(15)2/h5-9,12,31H,4,10H2,1-3H3,(H,26,32)/t12-/m0/s1. The number of anilines is 1. The van der Waals surface area contributed by atoms with Crippen LogP contribution in [0, 0.1) is 12.7 Å². The van der Waals surface area contributed by atoms with Crippen LogP contribution in [-0.4, -0.2) is 42.6 Å². The third-order valence-electron chi connectivity index (χ3n) is 4.91. The largest absolute Gasteiger partial charge is 0.464 e. The second kappa shape index (κ2) is 9.63. The van der Waals surface area contributed by atoms with E-state index in [9.17, 15) is 27.9 Å². The molecule has 182 valence electrons. The molecule has 3 aromatic rings. The van der Waals surface area contributed by atoms with E-state index in [1.165, 1.54) is 0 Å². The SMILES string of the molecule is CCn1c(CO)nn(-c2nc(O[C@@H](C)C(F)(F)F)c(C(=O)Nc3ccccc3C)cc2F)c1=O. The summed E-state index contributed by atoms with van der Waals surface area (Å²) in [7, 11) is 0. The van der Waals surface area contributed by atoms with E-state index >= 15 is 4.39 Å². The Labute approximate surface area is 190 Å². The molecule has 2 heterocycles. The molecule has 1 aromatic carbocycles. The number of aliphatic hydroxyl groups is 1. The number of ether oxygens (including phenoxy) is 1. The fourth-order valence-electron chi connectivity index (χ4n) is 3.01. The quantitative estimate of drug-likeness (QED) is 0.500. The second-order valence-corrected chi connectivity index (χ2v) is 7.23. The Bertz CT molecular complexity index is 1270. The first-order chi connectivity index (χ1) is 16.0. The Kier molecular flexibility index (Phi) is 7.05. The monoisotopic (exact) mass is 483 g/mol. The summed E-state index contributed by atoms with van der Waals surface area (Å²) in [5, 5.41) is 15.7. The average molecular weight is 483 g/mol. The Hall–Kier alpha value is -3.74. The van der Waals surface area contributed by atoms with Crippen molar-refractivity contribution in [3.8, 4) is 11.7 Å². The molecule has 0 saturated heterocycles. The molecular weight excluding hydrogens is 462 g/mol. The highest BCUT2D eigenvalue weighted by molar-refractivity contribution is 6.06. The van der Waals surface area contributed by atoms with Gasteiger partial charge in [0.05, 0.1) is 0 Å². The zero-order valence-electron chi connectivity index (χ0n) is 18.4. The lowest BCUT2D eigenvalue weighted by Gasteiger charge is -2.19. The molecule has 0 saturated carbocycles. The van der Waals surface area contributed by atoms with Crippen molar-refractivity contribution in [1.82, 2.24) is 19.3 Å². The number of hydrogen-bond donors (Lipinski definition) is 2. The van der Waals surface area contributed by atoms with Crippen LogP contribution in [0.4, 0.5) is 23.2 Å². The highest BCUT2D eigenvalue weighted by atomic mass is 19.4. The highest BCUT2D eigenvalue weighted by Crippen LogP contribution is 2.28. The van der Waals surface area contributed by atoms with Crippen LogP contribution in [0.2, 0.25) is 0 Å². The number of carbonyl (C=O) groups is 1. The number of nitrogens with zero attached hydrogens (tertiary/aromatic N) is 4. The Morgan fingerprint density at radius 3 is 2.53 bits per heavy atom. The molecule has 0 bridgehead atoms. The average Bonchev–Trinajstić information content (AvgIpc) is 3.10. The molecule has 34 heavy (non-hydrogen) atoms. The molecule has 13 heteroatoms. The molecule has 9 nitrogen and oxygen atoms in total. The zero-order valence-corrected chi connectivity index (χ0v) is 18.4. The maximum absolute atomic E-state index is 15.0. The van der Waals surface area contributed by atoms with Crippen LogP contribution in [-0.2, 0) is 13.2 Å². The van der Waals surface area contributed by atoms with Gasteiger partial charge in [-0.15, -0.1) is 5.10 Å². The van der Waals surface area contributed by atoms with Crippen molar-refractivity contribution in [3.63, 3.8) is 0 Å². The van der Waals surface area contributed by atoms with E-state index in [-0.39, 0.29) is 12.4 Å². The predicted molar refractivity (Wildman–Crippen MR) is 112 cm³/mol. The lowest BCUT2D eigenvalue weighted by Crippen LogP contribution is -2.33. The lowest BCUT2D eigenvalue weighted by molar-refractivity contribution is -0.190. The number of carbonyl (C=O) groups excluding carboxylic acids is 1. The van der Waals surface area contributed by atoms with E-state index in [4.69, 9.17) is 4.74 Å². The number of aliphatic hydroxyl groups excluding tert-OH is 1. The van der Waals surface area contributed by atoms with Gasteiger partial charge in [-0.3, -0.25) is 9.36 Å². The highest BCUT2D eigenvalue weighted by Gasteiger charge is 2.39. The van der Waals surface area contributed by atoms with Crippen molar-refractivity contribution in [2.24, 2.45) is 0 Å². The summed E-state index contributed by atoms with van der Waals surface area (Å²) in [6.07, 6.45) is -7.22. The van der Waals surface area contributed by atoms with Crippen molar-refractivity contribution in [1.29, 1.82) is 0 Å². The van der Waals surface area contributed by atoms with E-state index in [0.717, 1.165) is 4.57 Å². The molecule has 0 aliphatic carbocycles. The summed E-state index contributed by atoms with van der Waals surface area (Å²) in [5.41, 5.74) is -0.506. The first-order valence-electron chi connectivity index (χ1n) is 10.1. The number of amides is 1. The third-order valence-corrected chi connectivity index (χ3v) is 4.91. The molecule has 1 amide bonds. The first-order valence-corrected chi connectivity index (χ1v) is 10.1. The lowest BCUT2D eigenvalue weighted by atomic mass is 10.2. The van der Waals surface area contributed by atoms with Crippen molar-refractivity contribution >= 4 is 11.6 Å². The number of alkyl halides is 3. The van der Waals surface area contributed by atoms with Crippen LogP contribution in [0.3, 0.4) is 0 Å². The number of aryl methyl sites for hydroxylation is 1. The van der Waals surface area contributed by atoms with E-state index in [2.05, 4.69) is 15.4 Å². The summed E-state index contributed by atoms with van der Waals surface area (Å²) in [6.45, 7) is 3.39. The van der Waals surface area contributed by atoms with Crippen molar-refractivity contribution < 1.29 is 32.2 Å². The van der Waals surface area contributed by atoms with E-state index in [1.54, 1.807) is 38.1 Å². The number of nitrogens with one attached hydrogen (secondary N) is 1. The molecule has 2 N–H and O–H groups in total. The maximum Gasteiger partial charge on any atom is 0.425 e. The molecule has 0 aliphatic heterocycles. The summed E-state index contributed by atoms with van der Waals surface area (Å²) in [4.78, 5) is 29.1. The van der Waals surface area contributed by atoms with E-state index in [0.29, 0.717) is 28.9 Å². The van der Waals surface area contributed by atoms with E-state index in [1.807, 2.05) is 0 Å².